The summed E-state index contributed by atoms with van der Waals surface area (Å²) >= 11 is 4.48. The molecule has 1 N–H and O–H groups in total. The van der Waals surface area contributed by atoms with Gasteiger partial charge in [-0.25, -0.2) is 4.98 Å². The second-order valence-corrected chi connectivity index (χ2v) is 9.55. The van der Waals surface area contributed by atoms with Crippen molar-refractivity contribution < 1.29 is 4.74 Å². The van der Waals surface area contributed by atoms with E-state index in [9.17, 15) is 10.5 Å². The van der Waals surface area contributed by atoms with Gasteiger partial charge in [-0.1, -0.05) is 24.3 Å². The van der Waals surface area contributed by atoms with Crippen LogP contribution in [0.4, 0.5) is 0 Å². The topological polar surface area (TPSA) is 85.5 Å². The molecule has 156 valence electrons. The molecule has 0 radical (unpaired) electrons. The van der Waals surface area contributed by atoms with Crippen LogP contribution >= 0.6 is 45.2 Å². The van der Waals surface area contributed by atoms with Gasteiger partial charge in [-0.15, -0.1) is 0 Å². The molecule has 0 bridgehead atoms. The van der Waals surface area contributed by atoms with Crippen molar-refractivity contribution in [3.8, 4) is 17.9 Å². The van der Waals surface area contributed by atoms with Crippen LogP contribution < -0.4 is 4.74 Å². The predicted molar refractivity (Wildman–Crippen MR) is 142 cm³/mol. The number of nitriles is 2. The number of imidazole rings is 1. The molecule has 4 rings (SSSR count). The van der Waals surface area contributed by atoms with Crippen molar-refractivity contribution in [3.63, 3.8) is 0 Å². The maximum absolute atomic E-state index is 9.87. The van der Waals surface area contributed by atoms with Crippen molar-refractivity contribution in [1.29, 1.82) is 10.5 Å². The first-order chi connectivity index (χ1) is 15.5. The zero-order valence-electron chi connectivity index (χ0n) is 17.0. The van der Waals surface area contributed by atoms with E-state index in [4.69, 9.17) is 4.74 Å². The first kappa shape index (κ1) is 22.3. The summed E-state index contributed by atoms with van der Waals surface area (Å²) in [5, 5.41) is 19.2. The van der Waals surface area contributed by atoms with Gasteiger partial charge in [0.1, 0.15) is 24.3 Å². The van der Waals surface area contributed by atoms with Crippen molar-refractivity contribution in [2.24, 2.45) is 0 Å². The number of rotatable bonds is 5. The maximum Gasteiger partial charge on any atom is 0.149 e. The Bertz CT molecular complexity index is 1440. The van der Waals surface area contributed by atoms with Gasteiger partial charge in [-0.2, -0.15) is 10.5 Å². The molecule has 7 heteroatoms. The quantitative estimate of drug-likeness (QED) is 0.197. The summed E-state index contributed by atoms with van der Waals surface area (Å²) in [6.45, 7) is 2.27. The molecule has 0 spiro atoms. The second kappa shape index (κ2) is 9.72. The molecule has 3 aromatic carbocycles. The molecule has 0 saturated carbocycles. The fraction of sp³-hybridized carbons (Fsp3) is 0.0800. The summed E-state index contributed by atoms with van der Waals surface area (Å²) in [4.78, 5) is 7.83. The first-order valence-corrected chi connectivity index (χ1v) is 11.8. The van der Waals surface area contributed by atoms with Gasteiger partial charge in [0.05, 0.1) is 31.8 Å². The van der Waals surface area contributed by atoms with E-state index in [2.05, 4.69) is 67.3 Å². The van der Waals surface area contributed by atoms with Crippen molar-refractivity contribution in [2.45, 2.75) is 13.5 Å². The smallest absolute Gasteiger partial charge is 0.149 e. The lowest BCUT2D eigenvalue weighted by Gasteiger charge is -2.13. The first-order valence-electron chi connectivity index (χ1n) is 9.67. The minimum Gasteiger partial charge on any atom is -0.487 e. The Kier molecular flexibility index (Phi) is 6.77. The number of nitrogens with zero attached hydrogens (tertiary/aromatic N) is 3. The largest absolute Gasteiger partial charge is 0.487 e. The SMILES string of the molecule is Cc1ccc2nc(/C(C#N)=C\c3cc(I)cc(I)c3OCc3ccccc3C#N)[nH]c2c1. The molecule has 0 atom stereocenters. The molecular formula is C25H16I2N4O. The van der Waals surface area contributed by atoms with Crippen LogP contribution in [-0.2, 0) is 6.61 Å². The number of aromatic amines is 1. The van der Waals surface area contributed by atoms with Crippen molar-refractivity contribution in [1.82, 2.24) is 9.97 Å². The van der Waals surface area contributed by atoms with E-state index in [-0.39, 0.29) is 6.61 Å². The van der Waals surface area contributed by atoms with Crippen LogP contribution in [0.15, 0.2) is 54.6 Å². The third-order valence-corrected chi connectivity index (χ3v) is 6.28. The highest BCUT2D eigenvalue weighted by atomic mass is 127. The Balaban J connectivity index is 1.74. The van der Waals surface area contributed by atoms with Gasteiger partial charge in [0.15, 0.2) is 0 Å². The van der Waals surface area contributed by atoms with Crippen LogP contribution in [0.5, 0.6) is 5.75 Å². The lowest BCUT2D eigenvalue weighted by Crippen LogP contribution is -2.02. The number of allylic oxidation sites excluding steroid dienone is 1. The minimum absolute atomic E-state index is 0.257. The molecule has 0 unspecified atom stereocenters. The van der Waals surface area contributed by atoms with E-state index in [1.54, 1.807) is 12.1 Å². The monoisotopic (exact) mass is 642 g/mol. The van der Waals surface area contributed by atoms with E-state index in [1.165, 1.54) is 0 Å². The highest BCUT2D eigenvalue weighted by Crippen LogP contribution is 2.32. The highest BCUT2D eigenvalue weighted by molar-refractivity contribution is 14.1. The van der Waals surface area contributed by atoms with Crippen LogP contribution in [0.3, 0.4) is 0 Å². The molecule has 0 aliphatic heterocycles. The Morgan fingerprint density at radius 1 is 1.12 bits per heavy atom. The van der Waals surface area contributed by atoms with Crippen LogP contribution in [0.25, 0.3) is 22.7 Å². The number of hydrogen-bond acceptors (Lipinski definition) is 4. The molecule has 0 amide bonds. The number of benzene rings is 3. The van der Waals surface area contributed by atoms with Gasteiger partial charge in [0.25, 0.3) is 0 Å². The Labute approximate surface area is 213 Å². The maximum atomic E-state index is 9.87. The van der Waals surface area contributed by atoms with Crippen LogP contribution in [0.2, 0.25) is 0 Å². The molecule has 0 aliphatic rings. The molecule has 0 aliphatic carbocycles. The standard InChI is InChI=1S/C25H16I2N4O/c1-15-6-7-22-23(8-15)31-25(30-22)19(13-29)9-18-10-20(26)11-21(27)24(18)32-14-17-5-3-2-4-16(17)12-28/h2-11H,14H2,1H3,(H,30,31)/b19-9-. The van der Waals surface area contributed by atoms with Gasteiger partial charge in [0, 0.05) is 14.7 Å². The Morgan fingerprint density at radius 2 is 1.94 bits per heavy atom. The number of aryl methyl sites for hydroxylation is 1. The predicted octanol–water partition coefficient (Wildman–Crippen LogP) is 6.60. The van der Waals surface area contributed by atoms with E-state index >= 15 is 0 Å². The zero-order valence-corrected chi connectivity index (χ0v) is 21.3. The molecule has 0 fully saturated rings. The number of halogens is 2. The normalized spacial score (nSPS) is 11.2. The summed E-state index contributed by atoms with van der Waals surface area (Å²) in [6, 6.07) is 21.8. The van der Waals surface area contributed by atoms with Crippen molar-refractivity contribution in [2.75, 3.05) is 0 Å². The van der Waals surface area contributed by atoms with Crippen molar-refractivity contribution >= 4 is 67.9 Å². The van der Waals surface area contributed by atoms with E-state index in [0.717, 1.165) is 34.9 Å². The molecule has 4 aromatic rings. The van der Waals surface area contributed by atoms with E-state index in [0.29, 0.717) is 22.7 Å². The number of H-pyrrole nitrogens is 1. The fourth-order valence-electron chi connectivity index (χ4n) is 3.31. The zero-order chi connectivity index (χ0) is 22.7. The minimum atomic E-state index is 0.257. The molecule has 0 saturated heterocycles. The molecule has 5 nitrogen and oxygen atoms in total. The van der Waals surface area contributed by atoms with Gasteiger partial charge in [0.2, 0.25) is 0 Å². The fourth-order valence-corrected chi connectivity index (χ4v) is 5.35. The average molecular weight is 642 g/mol. The molecular weight excluding hydrogens is 626 g/mol. The van der Waals surface area contributed by atoms with Gasteiger partial charge in [-0.3, -0.25) is 0 Å². The lowest BCUT2D eigenvalue weighted by atomic mass is 10.1. The summed E-state index contributed by atoms with van der Waals surface area (Å²) in [5.74, 6) is 1.18. The molecule has 1 heterocycles. The molecule has 32 heavy (non-hydrogen) atoms. The summed E-state index contributed by atoms with van der Waals surface area (Å²) in [6.07, 6.45) is 1.79. The number of fused-ring (bicyclic) bond motifs is 1. The summed E-state index contributed by atoms with van der Waals surface area (Å²) in [5.41, 5.74) is 5.42. The summed E-state index contributed by atoms with van der Waals surface area (Å²) in [7, 11) is 0. The average Bonchev–Trinajstić information content (AvgIpc) is 3.19. The van der Waals surface area contributed by atoms with Crippen LogP contribution in [-0.4, -0.2) is 9.97 Å². The third kappa shape index (κ3) is 4.79. The Morgan fingerprint density at radius 3 is 2.72 bits per heavy atom. The Hall–Kier alpha value is -2.89. The van der Waals surface area contributed by atoms with E-state index < -0.39 is 0 Å². The highest BCUT2D eigenvalue weighted by Gasteiger charge is 2.14. The number of ether oxygens (including phenoxy) is 1. The van der Waals surface area contributed by atoms with Gasteiger partial charge < -0.3 is 9.72 Å². The van der Waals surface area contributed by atoms with Gasteiger partial charge in [-0.05, 0) is 94.1 Å². The van der Waals surface area contributed by atoms with Crippen LogP contribution in [0.1, 0.15) is 28.1 Å². The lowest BCUT2D eigenvalue weighted by molar-refractivity contribution is 0.303. The number of hydrogen-bond donors (Lipinski definition) is 1. The van der Waals surface area contributed by atoms with E-state index in [1.807, 2.05) is 55.5 Å². The third-order valence-electron chi connectivity index (χ3n) is 4.86. The number of aromatic nitrogens is 2. The van der Waals surface area contributed by atoms with Crippen LogP contribution in [0, 0.1) is 36.7 Å². The van der Waals surface area contributed by atoms with Crippen molar-refractivity contribution in [3.05, 3.63) is 89.8 Å². The second-order valence-electron chi connectivity index (χ2n) is 7.14. The molecule has 1 aromatic heterocycles. The van der Waals surface area contributed by atoms with Gasteiger partial charge >= 0.3 is 0 Å². The summed E-state index contributed by atoms with van der Waals surface area (Å²) < 4.78 is 8.11. The number of nitrogens with one attached hydrogen (secondary N) is 1.